The normalized spacial score (nSPS) is 12.9. The predicted molar refractivity (Wildman–Crippen MR) is 248 cm³/mol. The Morgan fingerprint density at radius 2 is 1.10 bits per heavy atom. The van der Waals surface area contributed by atoms with Gasteiger partial charge in [0.25, 0.3) is 0 Å². The number of rotatable bonds is 3. The highest BCUT2D eigenvalue weighted by Gasteiger charge is 2.30. The van der Waals surface area contributed by atoms with E-state index in [2.05, 4.69) is 159 Å². The first-order valence-corrected chi connectivity index (χ1v) is 20.4. The maximum Gasteiger partial charge on any atom is 0.198 e. The molecule has 8 aromatic carbocycles. The molecular formula is C53H37BN2O3. The smallest absolute Gasteiger partial charge is 0.198 e. The first kappa shape index (κ1) is 32.9. The van der Waals surface area contributed by atoms with Crippen molar-refractivity contribution in [3.05, 3.63) is 151 Å². The van der Waals surface area contributed by atoms with E-state index in [1.807, 2.05) is 18.2 Å². The Hall–Kier alpha value is -7.18. The summed E-state index contributed by atoms with van der Waals surface area (Å²) in [5.41, 5.74) is 18.3. The molecule has 0 unspecified atom stereocenters. The van der Waals surface area contributed by atoms with Gasteiger partial charge in [0.05, 0.1) is 11.2 Å². The van der Waals surface area contributed by atoms with Gasteiger partial charge in [-0.1, -0.05) is 105 Å². The molecule has 0 spiro atoms. The Morgan fingerprint density at radius 3 is 1.75 bits per heavy atom. The van der Waals surface area contributed by atoms with Crippen LogP contribution in [0.3, 0.4) is 0 Å². The van der Waals surface area contributed by atoms with Gasteiger partial charge in [-0.25, -0.2) is 0 Å². The molecule has 1 aliphatic heterocycles. The van der Waals surface area contributed by atoms with Crippen molar-refractivity contribution >= 4 is 117 Å². The van der Waals surface area contributed by atoms with Gasteiger partial charge in [0.15, 0.2) is 7.28 Å². The number of para-hydroxylation sites is 3. The third-order valence-corrected chi connectivity index (χ3v) is 12.9. The molecule has 0 bridgehead atoms. The standard InChI is InChI=1S/C53H37BN2O3/c1-28-21-38(34-22-35-31-11-5-8-14-44(31)57-47(35)25-41(34)55-30-19-17-29(18-20-30)53(2,3)4)51-52-50(28)39-23-36-32-12-6-9-15-45(32)58-48(36)26-42(39)56(52)43-27-49-37(24-40(43)54-51)33-13-7-10-16-46(33)59-49/h5-27,54-55H,1-4H3. The van der Waals surface area contributed by atoms with Crippen molar-refractivity contribution in [3.8, 4) is 16.8 Å². The molecule has 59 heavy (non-hydrogen) atoms. The third kappa shape index (κ3) is 4.63. The first-order valence-electron chi connectivity index (χ1n) is 20.4. The molecule has 1 N–H and O–H groups in total. The van der Waals surface area contributed by atoms with Gasteiger partial charge in [0.2, 0.25) is 0 Å². The molecule has 13 rings (SSSR count). The Kier molecular flexibility index (Phi) is 6.40. The van der Waals surface area contributed by atoms with E-state index >= 15 is 0 Å². The second-order valence-electron chi connectivity index (χ2n) is 17.4. The van der Waals surface area contributed by atoms with E-state index < -0.39 is 0 Å². The quantitative estimate of drug-likeness (QED) is 0.182. The van der Waals surface area contributed by atoms with Gasteiger partial charge in [-0.3, -0.25) is 0 Å². The maximum absolute atomic E-state index is 6.54. The van der Waals surface area contributed by atoms with Crippen LogP contribution < -0.4 is 16.2 Å². The first-order chi connectivity index (χ1) is 28.7. The fraction of sp³-hybridized carbons (Fsp3) is 0.0943. The SMILES string of the molecule is Cc1cc(-c2cc3c(cc2Nc2ccc(C(C)(C)C)cc2)oc2ccccc23)c2c3c1c1cc4c(cc1n3-c1cc3oc5ccccc5c3cc1B2)oc1ccccc14. The van der Waals surface area contributed by atoms with Crippen molar-refractivity contribution in [1.29, 1.82) is 0 Å². The van der Waals surface area contributed by atoms with Gasteiger partial charge >= 0.3 is 0 Å². The lowest BCUT2D eigenvalue weighted by molar-refractivity contribution is 0.590. The number of benzene rings is 8. The van der Waals surface area contributed by atoms with Crippen molar-refractivity contribution in [2.75, 3.05) is 5.32 Å². The third-order valence-electron chi connectivity index (χ3n) is 12.9. The second-order valence-corrected chi connectivity index (χ2v) is 17.4. The lowest BCUT2D eigenvalue weighted by Crippen LogP contribution is -2.37. The van der Waals surface area contributed by atoms with Gasteiger partial charge in [-0.2, -0.15) is 0 Å². The number of hydrogen-bond acceptors (Lipinski definition) is 4. The van der Waals surface area contributed by atoms with E-state index in [1.54, 1.807) is 0 Å². The van der Waals surface area contributed by atoms with Crippen LogP contribution in [0.4, 0.5) is 11.4 Å². The number of furan rings is 3. The molecule has 0 saturated carbocycles. The summed E-state index contributed by atoms with van der Waals surface area (Å²) in [6.45, 7) is 9.03. The van der Waals surface area contributed by atoms with Crippen molar-refractivity contribution in [3.63, 3.8) is 0 Å². The van der Waals surface area contributed by atoms with Gasteiger partial charge < -0.3 is 23.1 Å². The zero-order valence-corrected chi connectivity index (χ0v) is 33.2. The number of hydrogen-bond donors (Lipinski definition) is 1. The minimum Gasteiger partial charge on any atom is -0.456 e. The molecule has 0 aliphatic carbocycles. The molecule has 280 valence electrons. The molecule has 6 heteroatoms. The lowest BCUT2D eigenvalue weighted by Gasteiger charge is -2.24. The summed E-state index contributed by atoms with van der Waals surface area (Å²) in [7, 11) is 0.760. The summed E-state index contributed by atoms with van der Waals surface area (Å²) >= 11 is 0. The van der Waals surface area contributed by atoms with Crippen LogP contribution in [0.1, 0.15) is 31.9 Å². The molecule has 0 atom stereocenters. The highest BCUT2D eigenvalue weighted by atomic mass is 16.3. The fourth-order valence-corrected chi connectivity index (χ4v) is 10.0. The van der Waals surface area contributed by atoms with Gasteiger partial charge in [0.1, 0.15) is 33.5 Å². The molecule has 5 nitrogen and oxygen atoms in total. The molecule has 5 heterocycles. The van der Waals surface area contributed by atoms with Crippen molar-refractivity contribution < 1.29 is 13.3 Å². The summed E-state index contributed by atoms with van der Waals surface area (Å²) in [6.07, 6.45) is 0. The van der Waals surface area contributed by atoms with E-state index in [0.717, 1.165) is 101 Å². The highest BCUT2D eigenvalue weighted by molar-refractivity contribution is 6.74. The molecule has 12 aromatic rings. The van der Waals surface area contributed by atoms with Crippen molar-refractivity contribution in [2.24, 2.45) is 0 Å². The van der Waals surface area contributed by atoms with Crippen LogP contribution in [0.2, 0.25) is 0 Å². The van der Waals surface area contributed by atoms with E-state index in [1.165, 1.54) is 43.9 Å². The number of anilines is 2. The monoisotopic (exact) mass is 760 g/mol. The van der Waals surface area contributed by atoms with Crippen molar-refractivity contribution in [2.45, 2.75) is 33.1 Å². The highest BCUT2D eigenvalue weighted by Crippen LogP contribution is 2.45. The summed E-state index contributed by atoms with van der Waals surface area (Å²) in [5.74, 6) is 0. The number of aromatic nitrogens is 1. The minimum absolute atomic E-state index is 0.0607. The molecular weight excluding hydrogens is 723 g/mol. The van der Waals surface area contributed by atoms with Crippen LogP contribution in [0.5, 0.6) is 0 Å². The summed E-state index contributed by atoms with van der Waals surface area (Å²) in [5, 5.41) is 13.1. The number of aryl methyl sites for hydroxylation is 1. The molecule has 4 aromatic heterocycles. The van der Waals surface area contributed by atoms with E-state index in [9.17, 15) is 0 Å². The van der Waals surface area contributed by atoms with Crippen LogP contribution >= 0.6 is 0 Å². The Balaban J connectivity index is 1.13. The average molecular weight is 761 g/mol. The largest absolute Gasteiger partial charge is 0.456 e. The van der Waals surface area contributed by atoms with Crippen molar-refractivity contribution in [1.82, 2.24) is 4.57 Å². The van der Waals surface area contributed by atoms with E-state index in [4.69, 9.17) is 13.3 Å². The number of nitrogens with one attached hydrogen (secondary N) is 1. The molecule has 0 amide bonds. The Bertz CT molecular complexity index is 3780. The topological polar surface area (TPSA) is 56.4 Å². The molecule has 0 fully saturated rings. The van der Waals surface area contributed by atoms with Crippen LogP contribution in [-0.4, -0.2) is 11.8 Å². The zero-order chi connectivity index (χ0) is 39.3. The van der Waals surface area contributed by atoms with Gasteiger partial charge in [-0.05, 0) is 77.0 Å². The maximum atomic E-state index is 6.54. The van der Waals surface area contributed by atoms with Crippen LogP contribution in [0.25, 0.3) is 104 Å². The fourth-order valence-electron chi connectivity index (χ4n) is 10.0. The molecule has 0 radical (unpaired) electrons. The summed E-state index contributed by atoms with van der Waals surface area (Å²) in [6, 6.07) is 50.1. The lowest BCUT2D eigenvalue weighted by atomic mass is 9.58. The average Bonchev–Trinajstić information content (AvgIpc) is 3.99. The summed E-state index contributed by atoms with van der Waals surface area (Å²) < 4.78 is 22.1. The number of nitrogens with zero attached hydrogens (tertiary/aromatic N) is 1. The van der Waals surface area contributed by atoms with E-state index in [0.29, 0.717) is 0 Å². The van der Waals surface area contributed by atoms with Gasteiger partial charge in [0, 0.05) is 83.7 Å². The van der Waals surface area contributed by atoms with E-state index in [-0.39, 0.29) is 5.41 Å². The molecule has 0 saturated heterocycles. The van der Waals surface area contributed by atoms with Crippen LogP contribution in [0.15, 0.2) is 153 Å². The summed E-state index contributed by atoms with van der Waals surface area (Å²) in [4.78, 5) is 0. The minimum atomic E-state index is 0.0607. The predicted octanol–water partition coefficient (Wildman–Crippen LogP) is 13.2. The van der Waals surface area contributed by atoms with Crippen LogP contribution in [0, 0.1) is 6.92 Å². The number of fused-ring (bicyclic) bond motifs is 14. The zero-order valence-electron chi connectivity index (χ0n) is 33.2. The molecule has 1 aliphatic rings. The Morgan fingerprint density at radius 1 is 0.525 bits per heavy atom. The van der Waals surface area contributed by atoms with Gasteiger partial charge in [-0.15, -0.1) is 0 Å². The van der Waals surface area contributed by atoms with Crippen LogP contribution in [-0.2, 0) is 5.41 Å². The Labute approximate surface area is 339 Å². The second kappa shape index (κ2) is 11.5.